The molecule has 0 saturated carbocycles. The average Bonchev–Trinajstić information content (AvgIpc) is 2.95. The van der Waals surface area contributed by atoms with Gasteiger partial charge in [0.2, 0.25) is 5.91 Å². The molecule has 0 aromatic heterocycles. The maximum absolute atomic E-state index is 14.2. The number of benzene rings is 3. The molecular formula is C33H37N3O5. The highest BCUT2D eigenvalue weighted by Gasteiger charge is 2.35. The zero-order valence-corrected chi connectivity index (χ0v) is 24.1. The van der Waals surface area contributed by atoms with E-state index >= 15 is 0 Å². The molecule has 0 fully saturated rings. The SMILES string of the molecule is C#Cc1ccc(C(C(=O)Nc2ccc(OC)cc2)N(CC)C(=O)C(Cc2ccccc2)NC(=O)OC(C)(C)C)cc1. The molecule has 2 unspecified atom stereocenters. The monoisotopic (exact) mass is 555 g/mol. The summed E-state index contributed by atoms with van der Waals surface area (Å²) in [4.78, 5) is 42.3. The van der Waals surface area contributed by atoms with Gasteiger partial charge in [0.1, 0.15) is 23.4 Å². The van der Waals surface area contributed by atoms with Gasteiger partial charge < -0.3 is 25.0 Å². The zero-order chi connectivity index (χ0) is 30.0. The van der Waals surface area contributed by atoms with Gasteiger partial charge in [-0.15, -0.1) is 6.42 Å². The van der Waals surface area contributed by atoms with E-state index in [-0.39, 0.29) is 13.0 Å². The molecule has 0 bridgehead atoms. The Labute approximate surface area is 242 Å². The lowest BCUT2D eigenvalue weighted by Gasteiger charge is -2.34. The summed E-state index contributed by atoms with van der Waals surface area (Å²) in [5.74, 6) is 2.36. The average molecular weight is 556 g/mol. The van der Waals surface area contributed by atoms with E-state index in [0.29, 0.717) is 22.6 Å². The maximum Gasteiger partial charge on any atom is 0.408 e. The van der Waals surface area contributed by atoms with Crippen LogP contribution < -0.4 is 15.4 Å². The fourth-order valence-electron chi connectivity index (χ4n) is 4.28. The van der Waals surface area contributed by atoms with E-state index in [2.05, 4.69) is 16.6 Å². The minimum absolute atomic E-state index is 0.192. The normalized spacial score (nSPS) is 12.3. The summed E-state index contributed by atoms with van der Waals surface area (Å²) in [7, 11) is 1.56. The van der Waals surface area contributed by atoms with Crippen LogP contribution >= 0.6 is 0 Å². The second kappa shape index (κ2) is 14.0. The van der Waals surface area contributed by atoms with Gasteiger partial charge in [0, 0.05) is 24.2 Å². The van der Waals surface area contributed by atoms with E-state index in [9.17, 15) is 14.4 Å². The van der Waals surface area contributed by atoms with Gasteiger partial charge in [0.15, 0.2) is 0 Å². The van der Waals surface area contributed by atoms with E-state index in [1.807, 2.05) is 30.3 Å². The molecule has 0 spiro atoms. The third-order valence-electron chi connectivity index (χ3n) is 6.21. The number of carbonyl (C=O) groups excluding carboxylic acids is 3. The lowest BCUT2D eigenvalue weighted by atomic mass is 9.99. The minimum atomic E-state index is -1.01. The van der Waals surface area contributed by atoms with Crippen molar-refractivity contribution in [2.45, 2.75) is 51.8 Å². The van der Waals surface area contributed by atoms with Crippen molar-refractivity contribution >= 4 is 23.6 Å². The number of alkyl carbamates (subject to hydrolysis) is 1. The van der Waals surface area contributed by atoms with Crippen LogP contribution in [0.3, 0.4) is 0 Å². The van der Waals surface area contributed by atoms with Crippen LogP contribution in [0.1, 0.15) is 50.4 Å². The second-order valence-electron chi connectivity index (χ2n) is 10.4. The van der Waals surface area contributed by atoms with Gasteiger partial charge in [-0.05, 0) is 75.2 Å². The first-order chi connectivity index (χ1) is 19.5. The van der Waals surface area contributed by atoms with Crippen LogP contribution in [-0.4, -0.2) is 48.1 Å². The smallest absolute Gasteiger partial charge is 0.408 e. The van der Waals surface area contributed by atoms with Crippen molar-refractivity contribution in [3.63, 3.8) is 0 Å². The third-order valence-corrected chi connectivity index (χ3v) is 6.21. The van der Waals surface area contributed by atoms with E-state index in [0.717, 1.165) is 5.56 Å². The van der Waals surface area contributed by atoms with E-state index in [1.54, 1.807) is 83.3 Å². The number of hydrogen-bond donors (Lipinski definition) is 2. The quantitative estimate of drug-likeness (QED) is 0.329. The molecule has 0 aliphatic heterocycles. The van der Waals surface area contributed by atoms with Gasteiger partial charge in [0.25, 0.3) is 5.91 Å². The first-order valence-electron chi connectivity index (χ1n) is 13.4. The van der Waals surface area contributed by atoms with Gasteiger partial charge in [-0.2, -0.15) is 0 Å². The van der Waals surface area contributed by atoms with Gasteiger partial charge >= 0.3 is 6.09 Å². The van der Waals surface area contributed by atoms with Crippen LogP contribution in [0.15, 0.2) is 78.9 Å². The number of methoxy groups -OCH3 is 1. The molecule has 2 atom stereocenters. The fraction of sp³-hybridized carbons (Fsp3) is 0.303. The number of nitrogens with one attached hydrogen (secondary N) is 2. The first kappa shape index (κ1) is 30.8. The molecule has 3 aromatic rings. The molecule has 3 aromatic carbocycles. The molecule has 41 heavy (non-hydrogen) atoms. The molecule has 8 heteroatoms. The predicted molar refractivity (Wildman–Crippen MR) is 159 cm³/mol. The molecule has 8 nitrogen and oxygen atoms in total. The molecule has 0 saturated heterocycles. The molecular weight excluding hydrogens is 518 g/mol. The van der Waals surface area contributed by atoms with Crippen molar-refractivity contribution in [1.82, 2.24) is 10.2 Å². The lowest BCUT2D eigenvalue weighted by molar-refractivity contribution is -0.140. The highest BCUT2D eigenvalue weighted by atomic mass is 16.6. The van der Waals surface area contributed by atoms with E-state index in [4.69, 9.17) is 15.9 Å². The van der Waals surface area contributed by atoms with Crippen molar-refractivity contribution in [1.29, 1.82) is 0 Å². The summed E-state index contributed by atoms with van der Waals surface area (Å²) in [6.07, 6.45) is 5.03. The van der Waals surface area contributed by atoms with Crippen molar-refractivity contribution in [3.8, 4) is 18.1 Å². The highest BCUT2D eigenvalue weighted by molar-refractivity contribution is 5.99. The number of amides is 3. The first-order valence-corrected chi connectivity index (χ1v) is 13.4. The van der Waals surface area contributed by atoms with Crippen molar-refractivity contribution < 1.29 is 23.9 Å². The van der Waals surface area contributed by atoms with Crippen LogP contribution in [0.25, 0.3) is 0 Å². The van der Waals surface area contributed by atoms with Gasteiger partial charge in [-0.3, -0.25) is 9.59 Å². The zero-order valence-electron chi connectivity index (χ0n) is 24.1. The number of rotatable bonds is 10. The van der Waals surface area contributed by atoms with Crippen LogP contribution in [0.5, 0.6) is 5.75 Å². The number of ether oxygens (including phenoxy) is 2. The number of hydrogen-bond acceptors (Lipinski definition) is 5. The summed E-state index contributed by atoms with van der Waals surface area (Å²) >= 11 is 0. The van der Waals surface area contributed by atoms with Crippen molar-refractivity contribution in [2.24, 2.45) is 0 Å². The molecule has 3 amide bonds. The molecule has 3 rings (SSSR count). The Bertz CT molecular complexity index is 1360. The summed E-state index contributed by atoms with van der Waals surface area (Å²) in [6.45, 7) is 7.22. The fourth-order valence-corrected chi connectivity index (χ4v) is 4.28. The van der Waals surface area contributed by atoms with Gasteiger partial charge in [-0.1, -0.05) is 48.4 Å². The largest absolute Gasteiger partial charge is 0.497 e. The van der Waals surface area contributed by atoms with Gasteiger partial charge in [0.05, 0.1) is 7.11 Å². The standard InChI is InChI=1S/C33H37N3O5/c1-7-23-14-16-25(17-15-23)29(30(37)34-26-18-20-27(40-6)21-19-26)36(8-2)31(38)28(22-24-12-10-9-11-13-24)35-32(39)41-33(3,4)5/h1,9-21,28-29H,8,22H2,2-6H3,(H,34,37)(H,35,39). The van der Waals surface area contributed by atoms with Gasteiger partial charge in [-0.25, -0.2) is 4.79 Å². The molecule has 214 valence electrons. The Morgan fingerprint density at radius 2 is 1.59 bits per heavy atom. The van der Waals surface area contributed by atoms with E-state index < -0.39 is 35.6 Å². The molecule has 0 heterocycles. The Morgan fingerprint density at radius 1 is 0.951 bits per heavy atom. The molecule has 0 aliphatic rings. The van der Waals surface area contributed by atoms with Crippen molar-refractivity contribution in [3.05, 3.63) is 95.6 Å². The number of anilines is 1. The number of terminal acetylenes is 1. The Morgan fingerprint density at radius 3 is 2.12 bits per heavy atom. The third kappa shape index (κ3) is 8.87. The highest BCUT2D eigenvalue weighted by Crippen LogP contribution is 2.26. The maximum atomic E-state index is 14.2. The number of nitrogens with zero attached hydrogens (tertiary/aromatic N) is 1. The van der Waals surface area contributed by atoms with Crippen molar-refractivity contribution in [2.75, 3.05) is 19.0 Å². The van der Waals surface area contributed by atoms with Crippen LogP contribution in [0.4, 0.5) is 10.5 Å². The van der Waals surface area contributed by atoms with E-state index in [1.165, 1.54) is 4.90 Å². The summed E-state index contributed by atoms with van der Waals surface area (Å²) in [5, 5.41) is 5.65. The van der Waals surface area contributed by atoms with Crippen LogP contribution in [-0.2, 0) is 20.7 Å². The number of likely N-dealkylation sites (N-methyl/N-ethyl adjacent to an activating group) is 1. The molecule has 2 N–H and O–H groups in total. The number of carbonyl (C=O) groups is 3. The minimum Gasteiger partial charge on any atom is -0.497 e. The topological polar surface area (TPSA) is 97.0 Å². The molecule has 0 aliphatic carbocycles. The summed E-state index contributed by atoms with van der Waals surface area (Å²) in [5.41, 5.74) is 1.84. The Balaban J connectivity index is 1.99. The predicted octanol–water partition coefficient (Wildman–Crippen LogP) is 5.34. The molecule has 0 radical (unpaired) electrons. The summed E-state index contributed by atoms with van der Waals surface area (Å²) in [6, 6.07) is 21.2. The van der Waals surface area contributed by atoms with Crippen LogP contribution in [0, 0.1) is 12.3 Å². The second-order valence-corrected chi connectivity index (χ2v) is 10.4. The summed E-state index contributed by atoms with van der Waals surface area (Å²) < 4.78 is 10.7. The Kier molecular flexibility index (Phi) is 10.5. The van der Waals surface area contributed by atoms with Crippen LogP contribution in [0.2, 0.25) is 0 Å². The lowest BCUT2D eigenvalue weighted by Crippen LogP contribution is -2.53. The Hall–Kier alpha value is -4.77.